The molecule has 0 saturated heterocycles. The molecule has 9 heteroatoms. The summed E-state index contributed by atoms with van der Waals surface area (Å²) in [5.41, 5.74) is -0.287. The summed E-state index contributed by atoms with van der Waals surface area (Å²) in [5.74, 6) is -3.03. The molecule has 0 unspecified atom stereocenters. The quantitative estimate of drug-likeness (QED) is 0.487. The van der Waals surface area contributed by atoms with Crippen LogP contribution in [0.1, 0.15) is 16.8 Å². The Balaban J connectivity index is 1.75. The fourth-order valence-corrected chi connectivity index (χ4v) is 3.25. The Kier molecular flexibility index (Phi) is 6.78. The lowest BCUT2D eigenvalue weighted by molar-refractivity contribution is -0.140. The van der Waals surface area contributed by atoms with E-state index in [0.717, 1.165) is 0 Å². The summed E-state index contributed by atoms with van der Waals surface area (Å²) in [7, 11) is -3.75. The van der Waals surface area contributed by atoms with Gasteiger partial charge in [0.25, 0.3) is 0 Å². The highest BCUT2D eigenvalue weighted by Gasteiger charge is 2.20. The molecule has 0 aliphatic heterocycles. The molecule has 8 nitrogen and oxygen atoms in total. The van der Waals surface area contributed by atoms with Crippen LogP contribution in [0.4, 0.5) is 0 Å². The van der Waals surface area contributed by atoms with Gasteiger partial charge in [-0.25, -0.2) is 13.2 Å². The van der Waals surface area contributed by atoms with Crippen molar-refractivity contribution in [3.63, 3.8) is 0 Å². The molecule has 0 aromatic heterocycles. The van der Waals surface area contributed by atoms with Crippen molar-refractivity contribution < 1.29 is 37.7 Å². The number of aromatic hydroxyl groups is 1. The standard InChI is InChI=1S/C18H18O8S/c19-16-8-7-13(11-15(16)18(21)22)25-9-4-10-26-17(20)12-27(23,24)14-5-2-1-3-6-14/h1-3,5-8,11,19H,4,9-10,12H2,(H,21,22). The minimum atomic E-state index is -3.75. The minimum Gasteiger partial charge on any atom is -0.507 e. The van der Waals surface area contributed by atoms with Crippen molar-refractivity contribution in [2.75, 3.05) is 19.0 Å². The first-order valence-electron chi connectivity index (χ1n) is 7.92. The lowest BCUT2D eigenvalue weighted by atomic mass is 10.2. The maximum Gasteiger partial charge on any atom is 0.339 e. The van der Waals surface area contributed by atoms with E-state index in [1.54, 1.807) is 18.2 Å². The molecule has 2 aromatic carbocycles. The van der Waals surface area contributed by atoms with E-state index in [1.807, 2.05) is 0 Å². The van der Waals surface area contributed by atoms with Crippen LogP contribution in [0, 0.1) is 0 Å². The van der Waals surface area contributed by atoms with E-state index in [0.29, 0.717) is 0 Å². The first-order valence-corrected chi connectivity index (χ1v) is 9.57. The molecule has 0 spiro atoms. The van der Waals surface area contributed by atoms with E-state index in [1.165, 1.54) is 30.3 Å². The summed E-state index contributed by atoms with van der Waals surface area (Å²) in [5, 5.41) is 18.3. The molecule has 0 bridgehead atoms. The third-order valence-electron chi connectivity index (χ3n) is 3.43. The lowest BCUT2D eigenvalue weighted by Gasteiger charge is -2.09. The van der Waals surface area contributed by atoms with Gasteiger partial charge in [-0.05, 0) is 30.3 Å². The second kappa shape index (κ2) is 9.04. The maximum absolute atomic E-state index is 12.0. The van der Waals surface area contributed by atoms with Gasteiger partial charge in [-0.15, -0.1) is 0 Å². The molecule has 0 saturated carbocycles. The first-order chi connectivity index (χ1) is 12.8. The predicted octanol–water partition coefficient (Wildman–Crippen LogP) is 1.88. The Morgan fingerprint density at radius 1 is 1.00 bits per heavy atom. The van der Waals surface area contributed by atoms with E-state index in [-0.39, 0.29) is 41.6 Å². The average molecular weight is 394 g/mol. The van der Waals surface area contributed by atoms with Crippen molar-refractivity contribution in [2.24, 2.45) is 0 Å². The molecule has 0 atom stereocenters. The number of aromatic carboxylic acids is 1. The summed E-state index contributed by atoms with van der Waals surface area (Å²) in [6.45, 7) is 0.0650. The van der Waals surface area contributed by atoms with Gasteiger partial charge in [-0.2, -0.15) is 0 Å². The van der Waals surface area contributed by atoms with E-state index >= 15 is 0 Å². The van der Waals surface area contributed by atoms with Gasteiger partial charge in [0.1, 0.15) is 17.1 Å². The van der Waals surface area contributed by atoms with Gasteiger partial charge >= 0.3 is 11.9 Å². The zero-order valence-electron chi connectivity index (χ0n) is 14.2. The molecule has 27 heavy (non-hydrogen) atoms. The SMILES string of the molecule is O=C(CS(=O)(=O)c1ccccc1)OCCCOc1ccc(O)c(C(=O)O)c1. The van der Waals surface area contributed by atoms with Crippen LogP contribution in [0.2, 0.25) is 0 Å². The van der Waals surface area contributed by atoms with Crippen molar-refractivity contribution >= 4 is 21.8 Å². The van der Waals surface area contributed by atoms with Crippen LogP contribution in [0.5, 0.6) is 11.5 Å². The predicted molar refractivity (Wildman–Crippen MR) is 94.6 cm³/mol. The van der Waals surface area contributed by atoms with Gasteiger partial charge in [0.2, 0.25) is 0 Å². The number of carboxylic acids is 1. The lowest BCUT2D eigenvalue weighted by Crippen LogP contribution is -2.19. The highest BCUT2D eigenvalue weighted by molar-refractivity contribution is 7.92. The summed E-state index contributed by atoms with van der Waals surface area (Å²) in [6, 6.07) is 11.4. The number of hydrogen-bond donors (Lipinski definition) is 2. The van der Waals surface area contributed by atoms with E-state index in [4.69, 9.17) is 14.6 Å². The summed E-state index contributed by atoms with van der Waals surface area (Å²) in [6.07, 6.45) is 0.278. The van der Waals surface area contributed by atoms with Gasteiger partial charge in [-0.3, -0.25) is 4.79 Å². The number of rotatable bonds is 9. The zero-order chi connectivity index (χ0) is 19.9. The van der Waals surface area contributed by atoms with Gasteiger partial charge in [0.05, 0.1) is 18.1 Å². The largest absolute Gasteiger partial charge is 0.507 e. The summed E-state index contributed by atoms with van der Waals surface area (Å²) >= 11 is 0. The molecule has 0 aliphatic carbocycles. The number of phenols is 1. The van der Waals surface area contributed by atoms with Crippen molar-refractivity contribution in [3.8, 4) is 11.5 Å². The number of hydrogen-bond acceptors (Lipinski definition) is 7. The Morgan fingerprint density at radius 2 is 1.70 bits per heavy atom. The smallest absolute Gasteiger partial charge is 0.339 e. The molecule has 2 N–H and O–H groups in total. The summed E-state index contributed by atoms with van der Waals surface area (Å²) < 4.78 is 34.3. The van der Waals surface area contributed by atoms with Gasteiger partial charge < -0.3 is 19.7 Å². The van der Waals surface area contributed by atoms with Crippen LogP contribution in [0.25, 0.3) is 0 Å². The van der Waals surface area contributed by atoms with Gasteiger partial charge in [0, 0.05) is 6.42 Å². The van der Waals surface area contributed by atoms with Crippen molar-refractivity contribution in [2.45, 2.75) is 11.3 Å². The molecular weight excluding hydrogens is 376 g/mol. The molecule has 0 radical (unpaired) electrons. The Bertz CT molecular complexity index is 906. The van der Waals surface area contributed by atoms with Crippen LogP contribution < -0.4 is 4.74 Å². The molecule has 0 aliphatic rings. The Hall–Kier alpha value is -3.07. The summed E-state index contributed by atoms with van der Waals surface area (Å²) in [4.78, 5) is 22.7. The maximum atomic E-state index is 12.0. The van der Waals surface area contributed by atoms with Crippen LogP contribution in [0.15, 0.2) is 53.4 Å². The highest BCUT2D eigenvalue weighted by Crippen LogP contribution is 2.23. The molecule has 2 rings (SSSR count). The fourth-order valence-electron chi connectivity index (χ4n) is 2.12. The third kappa shape index (κ3) is 6.00. The minimum absolute atomic E-state index is 0.0480. The van der Waals surface area contributed by atoms with Crippen LogP contribution in [-0.4, -0.2) is 49.5 Å². The van der Waals surface area contributed by atoms with Gasteiger partial charge in [-0.1, -0.05) is 18.2 Å². The first kappa shape index (κ1) is 20.2. The van der Waals surface area contributed by atoms with Crippen LogP contribution in [0.3, 0.4) is 0 Å². The number of carboxylic acid groups (broad SMARTS) is 1. The highest BCUT2D eigenvalue weighted by atomic mass is 32.2. The number of esters is 1. The second-order valence-electron chi connectivity index (χ2n) is 5.48. The number of sulfone groups is 1. The molecule has 2 aromatic rings. The number of carbonyl (C=O) groups excluding carboxylic acids is 1. The fraction of sp³-hybridized carbons (Fsp3) is 0.222. The molecule has 0 heterocycles. The van der Waals surface area contributed by atoms with Gasteiger partial charge in [0.15, 0.2) is 15.6 Å². The number of ether oxygens (including phenoxy) is 2. The van der Waals surface area contributed by atoms with Crippen molar-refractivity contribution in [3.05, 3.63) is 54.1 Å². The number of benzene rings is 2. The van der Waals surface area contributed by atoms with Crippen molar-refractivity contribution in [1.82, 2.24) is 0 Å². The normalized spacial score (nSPS) is 11.0. The molecular formula is C18H18O8S. The van der Waals surface area contributed by atoms with E-state index < -0.39 is 27.5 Å². The topological polar surface area (TPSA) is 127 Å². The van der Waals surface area contributed by atoms with Crippen LogP contribution in [-0.2, 0) is 19.4 Å². The van der Waals surface area contributed by atoms with Crippen molar-refractivity contribution in [1.29, 1.82) is 0 Å². The Morgan fingerprint density at radius 3 is 2.37 bits per heavy atom. The monoisotopic (exact) mass is 394 g/mol. The Labute approximate surface area is 155 Å². The average Bonchev–Trinajstić information content (AvgIpc) is 2.63. The molecule has 0 amide bonds. The molecule has 0 fully saturated rings. The number of carbonyl (C=O) groups is 2. The third-order valence-corrected chi connectivity index (χ3v) is 5.04. The second-order valence-corrected chi connectivity index (χ2v) is 7.47. The zero-order valence-corrected chi connectivity index (χ0v) is 15.0. The molecule has 144 valence electrons. The van der Waals surface area contributed by atoms with E-state index in [2.05, 4.69) is 0 Å². The van der Waals surface area contributed by atoms with E-state index in [9.17, 15) is 23.1 Å². The van der Waals surface area contributed by atoms with Crippen LogP contribution >= 0.6 is 0 Å².